The Labute approximate surface area is 287 Å². The number of ether oxygens (including phenoxy) is 2. The van der Waals surface area contributed by atoms with Crippen molar-refractivity contribution in [3.8, 4) is 0 Å². The van der Waals surface area contributed by atoms with Gasteiger partial charge in [-0.25, -0.2) is 0 Å². The van der Waals surface area contributed by atoms with Gasteiger partial charge in [0.1, 0.15) is 6.04 Å². The van der Waals surface area contributed by atoms with Crippen LogP contribution in [0, 0.1) is 11.8 Å². The molecule has 270 valence electrons. The number of likely N-dealkylation sites (tertiary alicyclic amines) is 1. The highest BCUT2D eigenvalue weighted by Gasteiger charge is 2.40. The second-order valence-corrected chi connectivity index (χ2v) is 13.3. The van der Waals surface area contributed by atoms with Crippen molar-refractivity contribution in [2.45, 2.75) is 103 Å². The average molecular weight is 674 g/mol. The summed E-state index contributed by atoms with van der Waals surface area (Å²) < 4.78 is 11.7. The van der Waals surface area contributed by atoms with Gasteiger partial charge in [0.15, 0.2) is 0 Å². The zero-order valence-electron chi connectivity index (χ0n) is 30.3. The van der Waals surface area contributed by atoms with Crippen molar-refractivity contribution < 1.29 is 33.4 Å². The maximum atomic E-state index is 13.8. The smallest absolute Gasteiger partial charge is 0.243 e. The molecule has 1 aliphatic rings. The zero-order chi connectivity index (χ0) is 35.8. The predicted octanol–water partition coefficient (Wildman–Crippen LogP) is 2.64. The van der Waals surface area contributed by atoms with Gasteiger partial charge in [-0.15, -0.1) is 0 Å². The lowest BCUT2D eigenvalue weighted by atomic mass is 9.90. The lowest BCUT2D eigenvalue weighted by Gasteiger charge is -2.39. The summed E-state index contributed by atoms with van der Waals surface area (Å²) >= 11 is 0. The Balaban J connectivity index is 2.03. The van der Waals surface area contributed by atoms with Gasteiger partial charge in [0.05, 0.1) is 43.7 Å². The Bertz CT molecular complexity index is 1170. The summed E-state index contributed by atoms with van der Waals surface area (Å²) in [7, 11) is 6.31. The monoisotopic (exact) mass is 673 g/mol. The van der Waals surface area contributed by atoms with Crippen LogP contribution in [0.4, 0.5) is 0 Å². The molecule has 2 N–H and O–H groups in total. The molecule has 48 heavy (non-hydrogen) atoms. The number of likely N-dealkylation sites (N-methyl/N-ethyl adjacent to an activating group) is 2. The third-order valence-electron chi connectivity index (χ3n) is 9.59. The normalized spacial score (nSPS) is 17.6. The Morgan fingerprint density at radius 2 is 1.71 bits per heavy atom. The molecule has 12 heteroatoms. The van der Waals surface area contributed by atoms with E-state index in [1.54, 1.807) is 24.0 Å². The highest BCUT2D eigenvalue weighted by molar-refractivity contribution is 5.88. The fourth-order valence-electron chi connectivity index (χ4n) is 6.74. The number of carbonyl (C=O) groups excluding carboxylic acids is 5. The van der Waals surface area contributed by atoms with Crippen LogP contribution in [0.25, 0.3) is 0 Å². The maximum absolute atomic E-state index is 13.8. The molecular weight excluding hydrogens is 614 g/mol. The van der Waals surface area contributed by atoms with Gasteiger partial charge in [0.2, 0.25) is 30.0 Å². The topological polar surface area (TPSA) is 138 Å². The second-order valence-electron chi connectivity index (χ2n) is 13.3. The third-order valence-corrected chi connectivity index (χ3v) is 9.59. The van der Waals surface area contributed by atoms with Crippen molar-refractivity contribution in [2.24, 2.45) is 11.8 Å². The molecular formula is C36H59N5O7. The fraction of sp³-hybridized carbons (Fsp3) is 0.694. The van der Waals surface area contributed by atoms with Crippen molar-refractivity contribution in [3.63, 3.8) is 0 Å². The highest BCUT2D eigenvalue weighted by Crippen LogP contribution is 2.27. The third kappa shape index (κ3) is 11.9. The van der Waals surface area contributed by atoms with Crippen LogP contribution < -0.4 is 10.6 Å². The predicted molar refractivity (Wildman–Crippen MR) is 185 cm³/mol. The van der Waals surface area contributed by atoms with Crippen LogP contribution in [0.2, 0.25) is 0 Å². The fourth-order valence-corrected chi connectivity index (χ4v) is 6.74. The molecule has 0 bridgehead atoms. The van der Waals surface area contributed by atoms with Gasteiger partial charge in [-0.1, -0.05) is 64.4 Å². The van der Waals surface area contributed by atoms with Gasteiger partial charge in [0, 0.05) is 41.4 Å². The first-order valence-corrected chi connectivity index (χ1v) is 17.3. The molecule has 0 aliphatic carbocycles. The quantitative estimate of drug-likeness (QED) is 0.151. The standard InChI is InChI=1S/C36H59N5O7/c1-9-26(4)35(40(6)33(45)23-38-36(46)34(25(2)3)39(5)24-42)30(48-8)22-32(44)41-20-14-18-28(41)29(47-7)21-31(43)37-19-13-17-27-15-11-10-12-16-27/h10-12,15-16,24-26,28-30,34-35H,9,13-14,17-23H2,1-8H3,(H,37,43)(H,38,46). The van der Waals surface area contributed by atoms with Crippen molar-refractivity contribution >= 4 is 30.0 Å². The van der Waals surface area contributed by atoms with Crippen molar-refractivity contribution in [1.29, 1.82) is 0 Å². The number of rotatable bonds is 21. The van der Waals surface area contributed by atoms with Gasteiger partial charge < -0.3 is 34.8 Å². The summed E-state index contributed by atoms with van der Waals surface area (Å²) in [4.78, 5) is 68.9. The lowest BCUT2D eigenvalue weighted by Crippen LogP contribution is -2.55. The summed E-state index contributed by atoms with van der Waals surface area (Å²) in [6.07, 6.45) is 3.73. The Morgan fingerprint density at radius 1 is 1.02 bits per heavy atom. The first-order chi connectivity index (χ1) is 22.9. The van der Waals surface area contributed by atoms with E-state index in [1.165, 1.54) is 24.6 Å². The van der Waals surface area contributed by atoms with Crippen LogP contribution in [0.1, 0.15) is 71.8 Å². The molecule has 1 aromatic rings. The van der Waals surface area contributed by atoms with Gasteiger partial charge >= 0.3 is 0 Å². The van der Waals surface area contributed by atoms with E-state index in [2.05, 4.69) is 22.8 Å². The summed E-state index contributed by atoms with van der Waals surface area (Å²) in [5.41, 5.74) is 1.23. The number of benzene rings is 1. The van der Waals surface area contributed by atoms with Gasteiger partial charge in [-0.3, -0.25) is 24.0 Å². The van der Waals surface area contributed by atoms with Crippen LogP contribution in [0.15, 0.2) is 30.3 Å². The molecule has 0 saturated carbocycles. The summed E-state index contributed by atoms with van der Waals surface area (Å²) in [6, 6.07) is 8.76. The summed E-state index contributed by atoms with van der Waals surface area (Å²) in [5, 5.41) is 5.68. The molecule has 0 radical (unpaired) electrons. The molecule has 1 saturated heterocycles. The Hall–Kier alpha value is -3.51. The van der Waals surface area contributed by atoms with E-state index in [4.69, 9.17) is 9.47 Å². The molecule has 1 heterocycles. The number of hydrogen-bond donors (Lipinski definition) is 2. The van der Waals surface area contributed by atoms with Crippen LogP contribution in [0.5, 0.6) is 0 Å². The van der Waals surface area contributed by atoms with Gasteiger partial charge in [-0.2, -0.15) is 0 Å². The van der Waals surface area contributed by atoms with E-state index >= 15 is 0 Å². The molecule has 5 amide bonds. The van der Waals surface area contributed by atoms with E-state index in [-0.39, 0.29) is 55.0 Å². The number of amides is 5. The van der Waals surface area contributed by atoms with E-state index in [0.717, 1.165) is 32.1 Å². The van der Waals surface area contributed by atoms with Crippen LogP contribution in [-0.4, -0.2) is 123 Å². The van der Waals surface area contributed by atoms with Crippen LogP contribution in [-0.2, 0) is 39.9 Å². The minimum Gasteiger partial charge on any atom is -0.379 e. The molecule has 6 unspecified atom stereocenters. The van der Waals surface area contributed by atoms with Crippen molar-refractivity contribution in [1.82, 2.24) is 25.3 Å². The highest BCUT2D eigenvalue weighted by atomic mass is 16.5. The molecule has 12 nitrogen and oxygen atoms in total. The number of nitrogens with one attached hydrogen (secondary N) is 2. The number of methoxy groups -OCH3 is 2. The summed E-state index contributed by atoms with van der Waals surface area (Å²) in [6.45, 7) is 8.56. The number of aryl methyl sites for hydroxylation is 1. The van der Waals surface area contributed by atoms with Crippen LogP contribution in [0.3, 0.4) is 0 Å². The SMILES string of the molecule is CCC(C)C(C(CC(=O)N1CCCC1C(CC(=O)NCCCc1ccccc1)OC)OC)N(C)C(=O)CNC(=O)C(C(C)C)N(C)C=O. The lowest BCUT2D eigenvalue weighted by molar-refractivity contribution is -0.144. The molecule has 6 atom stereocenters. The first-order valence-electron chi connectivity index (χ1n) is 17.3. The van der Waals surface area contributed by atoms with E-state index in [9.17, 15) is 24.0 Å². The number of nitrogens with zero attached hydrogens (tertiary/aromatic N) is 3. The molecule has 2 rings (SSSR count). The Kier molecular flexibility index (Phi) is 17.6. The molecule has 1 fully saturated rings. The minimum atomic E-state index is -0.703. The van der Waals surface area contributed by atoms with E-state index < -0.39 is 30.2 Å². The molecule has 1 aromatic carbocycles. The first kappa shape index (κ1) is 40.7. The molecule has 0 aromatic heterocycles. The van der Waals surface area contributed by atoms with E-state index in [1.807, 2.05) is 45.9 Å². The molecule has 1 aliphatic heterocycles. The van der Waals surface area contributed by atoms with E-state index in [0.29, 0.717) is 19.5 Å². The van der Waals surface area contributed by atoms with Crippen LogP contribution >= 0.6 is 0 Å². The average Bonchev–Trinajstić information content (AvgIpc) is 3.57. The van der Waals surface area contributed by atoms with Gasteiger partial charge in [0.25, 0.3) is 0 Å². The number of carbonyl (C=O) groups is 5. The Morgan fingerprint density at radius 3 is 2.29 bits per heavy atom. The number of hydrogen-bond acceptors (Lipinski definition) is 7. The molecule has 0 spiro atoms. The zero-order valence-corrected chi connectivity index (χ0v) is 30.3. The van der Waals surface area contributed by atoms with Crippen molar-refractivity contribution in [2.75, 3.05) is 47.9 Å². The summed E-state index contributed by atoms with van der Waals surface area (Å²) in [5.74, 6) is -1.11. The van der Waals surface area contributed by atoms with Crippen molar-refractivity contribution in [3.05, 3.63) is 35.9 Å². The van der Waals surface area contributed by atoms with Gasteiger partial charge in [-0.05, 0) is 43.1 Å². The second kappa shape index (κ2) is 20.8. The minimum absolute atomic E-state index is 0.0105. The maximum Gasteiger partial charge on any atom is 0.243 e. The largest absolute Gasteiger partial charge is 0.379 e.